The third kappa shape index (κ3) is 3.79. The highest BCUT2D eigenvalue weighted by Gasteiger charge is 2.46. The van der Waals surface area contributed by atoms with Gasteiger partial charge in [-0.15, -0.1) is 0 Å². The van der Waals surface area contributed by atoms with Crippen LogP contribution in [0.25, 0.3) is 5.76 Å². The fourth-order valence-electron chi connectivity index (χ4n) is 3.47. The minimum atomic E-state index is -0.652. The van der Waals surface area contributed by atoms with E-state index in [2.05, 4.69) is 0 Å². The summed E-state index contributed by atoms with van der Waals surface area (Å²) in [7, 11) is 0. The first-order valence-electron chi connectivity index (χ1n) is 9.50. The van der Waals surface area contributed by atoms with E-state index in [1.54, 1.807) is 29.2 Å². The summed E-state index contributed by atoms with van der Waals surface area (Å²) in [5.74, 6) is -0.481. The minimum Gasteiger partial charge on any atom is -0.507 e. The molecule has 0 saturated carbocycles. The molecule has 3 rings (SSSR count). The number of hydrogen-bond donors (Lipinski definition) is 1. The molecule has 5 heteroatoms. The van der Waals surface area contributed by atoms with Crippen molar-refractivity contribution in [3.63, 3.8) is 0 Å². The van der Waals surface area contributed by atoms with Crippen molar-refractivity contribution in [1.82, 2.24) is 4.90 Å². The standard InChI is InChI=1S/C23H25NO4/c1-4-28-18-12-10-16(11-13-18)20-19(21(25)17-8-6-5-7-9-17)22(26)23(27)24(20)14-15(2)3/h5-13,15,20,25H,4,14H2,1-3H3/t20-/m1/s1. The molecule has 1 atom stereocenters. The van der Waals surface area contributed by atoms with Crippen LogP contribution in [-0.2, 0) is 9.59 Å². The lowest BCUT2D eigenvalue weighted by Gasteiger charge is -2.27. The second-order valence-corrected chi connectivity index (χ2v) is 7.21. The molecule has 1 aliphatic heterocycles. The molecule has 0 unspecified atom stereocenters. The molecule has 1 fully saturated rings. The topological polar surface area (TPSA) is 66.8 Å². The highest BCUT2D eigenvalue weighted by atomic mass is 16.5. The number of carbonyl (C=O) groups excluding carboxylic acids is 2. The van der Waals surface area contributed by atoms with E-state index in [1.165, 1.54) is 0 Å². The van der Waals surface area contributed by atoms with Gasteiger partial charge in [-0.2, -0.15) is 0 Å². The van der Waals surface area contributed by atoms with Crippen molar-refractivity contribution in [3.8, 4) is 5.75 Å². The summed E-state index contributed by atoms with van der Waals surface area (Å²) in [4.78, 5) is 27.1. The van der Waals surface area contributed by atoms with Gasteiger partial charge in [-0.3, -0.25) is 9.59 Å². The van der Waals surface area contributed by atoms with Crippen molar-refractivity contribution in [1.29, 1.82) is 0 Å². The molecular weight excluding hydrogens is 354 g/mol. The smallest absolute Gasteiger partial charge is 0.295 e. The fourth-order valence-corrected chi connectivity index (χ4v) is 3.47. The average molecular weight is 379 g/mol. The van der Waals surface area contributed by atoms with Gasteiger partial charge in [0.25, 0.3) is 11.7 Å². The summed E-state index contributed by atoms with van der Waals surface area (Å²) < 4.78 is 5.49. The number of ether oxygens (including phenoxy) is 1. The van der Waals surface area contributed by atoms with Gasteiger partial charge in [0.2, 0.25) is 0 Å². The normalized spacial score (nSPS) is 18.7. The summed E-state index contributed by atoms with van der Waals surface area (Å²) in [6.07, 6.45) is 0. The van der Waals surface area contributed by atoms with Crippen LogP contribution in [0, 0.1) is 5.92 Å². The number of ketones is 1. The summed E-state index contributed by atoms with van der Waals surface area (Å²) >= 11 is 0. The Morgan fingerprint density at radius 2 is 1.71 bits per heavy atom. The van der Waals surface area contributed by atoms with Crippen molar-refractivity contribution >= 4 is 17.4 Å². The van der Waals surface area contributed by atoms with E-state index in [4.69, 9.17) is 4.74 Å². The number of rotatable bonds is 6. The molecule has 1 heterocycles. The van der Waals surface area contributed by atoms with Gasteiger partial charge in [0.1, 0.15) is 11.5 Å². The third-order valence-corrected chi connectivity index (χ3v) is 4.66. The molecule has 0 aliphatic carbocycles. The van der Waals surface area contributed by atoms with Gasteiger partial charge in [-0.1, -0.05) is 56.3 Å². The van der Waals surface area contributed by atoms with Crippen LogP contribution in [0.4, 0.5) is 0 Å². The van der Waals surface area contributed by atoms with Gasteiger partial charge >= 0.3 is 0 Å². The van der Waals surface area contributed by atoms with E-state index in [-0.39, 0.29) is 17.3 Å². The van der Waals surface area contributed by atoms with Crippen LogP contribution in [-0.4, -0.2) is 34.8 Å². The molecule has 2 aromatic rings. The largest absolute Gasteiger partial charge is 0.507 e. The van der Waals surface area contributed by atoms with Crippen molar-refractivity contribution in [3.05, 3.63) is 71.3 Å². The quantitative estimate of drug-likeness (QED) is 0.465. The van der Waals surface area contributed by atoms with E-state index in [0.717, 1.165) is 11.3 Å². The maximum atomic E-state index is 12.8. The van der Waals surface area contributed by atoms with Crippen LogP contribution in [0.15, 0.2) is 60.2 Å². The van der Waals surface area contributed by atoms with Crippen LogP contribution >= 0.6 is 0 Å². The van der Waals surface area contributed by atoms with E-state index in [9.17, 15) is 14.7 Å². The second kappa shape index (κ2) is 8.30. The van der Waals surface area contributed by atoms with Crippen molar-refractivity contribution in [2.24, 2.45) is 5.92 Å². The fraction of sp³-hybridized carbons (Fsp3) is 0.304. The number of aliphatic hydroxyl groups is 1. The second-order valence-electron chi connectivity index (χ2n) is 7.21. The maximum Gasteiger partial charge on any atom is 0.295 e. The van der Waals surface area contributed by atoms with Gasteiger partial charge in [0.15, 0.2) is 0 Å². The first-order valence-corrected chi connectivity index (χ1v) is 9.50. The Bertz CT molecular complexity index is 885. The van der Waals surface area contributed by atoms with E-state index < -0.39 is 17.7 Å². The Morgan fingerprint density at radius 3 is 2.29 bits per heavy atom. The summed E-state index contributed by atoms with van der Waals surface area (Å²) in [5, 5.41) is 10.9. The number of Topliss-reactive ketones (excluding diaryl/α,β-unsaturated/α-hetero) is 1. The van der Waals surface area contributed by atoms with Crippen molar-refractivity contribution in [2.75, 3.05) is 13.2 Å². The molecule has 5 nitrogen and oxygen atoms in total. The number of amides is 1. The van der Waals surface area contributed by atoms with Crippen LogP contribution in [0.3, 0.4) is 0 Å². The number of likely N-dealkylation sites (tertiary alicyclic amines) is 1. The summed E-state index contributed by atoms with van der Waals surface area (Å²) in [6, 6.07) is 15.5. The van der Waals surface area contributed by atoms with Gasteiger partial charge in [0, 0.05) is 12.1 Å². The lowest BCUT2D eigenvalue weighted by Crippen LogP contribution is -2.33. The molecule has 0 aromatic heterocycles. The lowest BCUT2D eigenvalue weighted by atomic mass is 9.95. The number of benzene rings is 2. The lowest BCUT2D eigenvalue weighted by molar-refractivity contribution is -0.140. The molecule has 146 valence electrons. The molecule has 1 aliphatic rings. The molecule has 28 heavy (non-hydrogen) atoms. The predicted octanol–water partition coefficient (Wildman–Crippen LogP) is 4.16. The zero-order valence-electron chi connectivity index (χ0n) is 16.4. The Balaban J connectivity index is 2.12. The molecule has 2 aromatic carbocycles. The van der Waals surface area contributed by atoms with E-state index in [1.807, 2.05) is 51.1 Å². The molecule has 1 N–H and O–H groups in total. The molecule has 1 saturated heterocycles. The third-order valence-electron chi connectivity index (χ3n) is 4.66. The first kappa shape index (κ1) is 19.7. The van der Waals surface area contributed by atoms with Gasteiger partial charge < -0.3 is 14.7 Å². The number of carbonyl (C=O) groups is 2. The predicted molar refractivity (Wildman–Crippen MR) is 108 cm³/mol. The Morgan fingerprint density at radius 1 is 1.07 bits per heavy atom. The molecule has 1 amide bonds. The maximum absolute atomic E-state index is 12.8. The zero-order valence-corrected chi connectivity index (χ0v) is 16.4. The average Bonchev–Trinajstić information content (AvgIpc) is 2.93. The van der Waals surface area contributed by atoms with Gasteiger partial charge in [-0.25, -0.2) is 0 Å². The monoisotopic (exact) mass is 379 g/mol. The SMILES string of the molecule is CCOc1ccc([C@@H]2C(=C(O)c3ccccc3)C(=O)C(=O)N2CC(C)C)cc1. The van der Waals surface area contributed by atoms with Gasteiger partial charge in [-0.05, 0) is 30.5 Å². The Kier molecular flexibility index (Phi) is 5.83. The molecule has 0 spiro atoms. The van der Waals surface area contributed by atoms with Crippen molar-refractivity contribution < 1.29 is 19.4 Å². The molecule has 0 bridgehead atoms. The van der Waals surface area contributed by atoms with Crippen LogP contribution in [0.5, 0.6) is 5.75 Å². The van der Waals surface area contributed by atoms with Crippen molar-refractivity contribution in [2.45, 2.75) is 26.8 Å². The Labute approximate surface area is 165 Å². The first-order chi connectivity index (χ1) is 13.4. The van der Waals surface area contributed by atoms with E-state index >= 15 is 0 Å². The number of aliphatic hydroxyl groups excluding tert-OH is 1. The molecule has 0 radical (unpaired) electrons. The summed E-state index contributed by atoms with van der Waals surface area (Å²) in [6.45, 7) is 6.87. The highest BCUT2D eigenvalue weighted by molar-refractivity contribution is 6.46. The molecular formula is C23H25NO4. The highest BCUT2D eigenvalue weighted by Crippen LogP contribution is 2.40. The Hall–Kier alpha value is -3.08. The van der Waals surface area contributed by atoms with Crippen LogP contribution < -0.4 is 4.74 Å². The van der Waals surface area contributed by atoms with Gasteiger partial charge in [0.05, 0.1) is 18.2 Å². The zero-order chi connectivity index (χ0) is 20.3. The number of hydrogen-bond acceptors (Lipinski definition) is 4. The summed E-state index contributed by atoms with van der Waals surface area (Å²) in [5.41, 5.74) is 1.41. The van der Waals surface area contributed by atoms with E-state index in [0.29, 0.717) is 18.7 Å². The minimum absolute atomic E-state index is 0.126. The van der Waals surface area contributed by atoms with Crippen LogP contribution in [0.1, 0.15) is 37.9 Å². The van der Waals surface area contributed by atoms with Crippen LogP contribution in [0.2, 0.25) is 0 Å². The number of nitrogens with zero attached hydrogens (tertiary/aromatic N) is 1.